The highest BCUT2D eigenvalue weighted by molar-refractivity contribution is 5.62. The van der Waals surface area contributed by atoms with Crippen LogP contribution < -0.4 is 0 Å². The Labute approximate surface area is 86.9 Å². The van der Waals surface area contributed by atoms with Crippen LogP contribution in [-0.4, -0.2) is 4.98 Å². The van der Waals surface area contributed by atoms with Gasteiger partial charge in [0.25, 0.3) is 0 Å². The molecule has 0 radical (unpaired) electrons. The maximum Gasteiger partial charge on any atom is 0.173 e. The highest BCUT2D eigenvalue weighted by Gasteiger charge is 1.96. The lowest BCUT2D eigenvalue weighted by Crippen LogP contribution is -1.78. The van der Waals surface area contributed by atoms with Gasteiger partial charge in [0.2, 0.25) is 0 Å². The minimum atomic E-state index is 0.324. The maximum absolute atomic E-state index is 9.87. The maximum atomic E-state index is 9.87. The number of benzene rings is 1. The molecule has 0 bridgehead atoms. The summed E-state index contributed by atoms with van der Waals surface area (Å²) in [6.45, 7) is 0. The van der Waals surface area contributed by atoms with E-state index >= 15 is 0 Å². The van der Waals surface area contributed by atoms with Gasteiger partial charge >= 0.3 is 0 Å². The molecule has 4 heteroatoms. The minimum Gasteiger partial charge on any atom is -0.775 e. The van der Waals surface area contributed by atoms with Crippen LogP contribution in [0.2, 0.25) is 0 Å². The van der Waals surface area contributed by atoms with Crippen molar-refractivity contribution in [1.82, 2.24) is 4.98 Å². The zero-order valence-corrected chi connectivity index (χ0v) is 7.87. The smallest absolute Gasteiger partial charge is 0.173 e. The molecule has 2 aromatic rings. The summed E-state index contributed by atoms with van der Waals surface area (Å²) in [6.07, 6.45) is 1.67. The summed E-state index contributed by atoms with van der Waals surface area (Å²) in [5.41, 5.74) is 2.07. The second-order valence-electron chi connectivity index (χ2n) is 2.95. The molecule has 1 aromatic carbocycles. The van der Waals surface area contributed by atoms with Crippen LogP contribution in [0.1, 0.15) is 0 Å². The molecule has 1 aromatic heterocycles. The Morgan fingerprint density at radius 1 is 0.933 bits per heavy atom. The second-order valence-corrected chi connectivity index (χ2v) is 2.95. The monoisotopic (exact) mass is 198 g/mol. The van der Waals surface area contributed by atoms with Crippen molar-refractivity contribution in [2.24, 2.45) is 10.4 Å². The zero-order chi connectivity index (χ0) is 10.5. The number of hydrogen-bond donors (Lipinski definition) is 0. The molecule has 1 heterocycles. The number of hydrogen-bond acceptors (Lipinski definition) is 4. The third kappa shape index (κ3) is 2.17. The summed E-state index contributed by atoms with van der Waals surface area (Å²) in [6, 6.07) is 13.4. The largest absolute Gasteiger partial charge is 0.775 e. The third-order valence-electron chi connectivity index (χ3n) is 2.00. The average Bonchev–Trinajstić information content (AvgIpc) is 2.32. The van der Waals surface area contributed by atoms with Gasteiger partial charge in [0.15, 0.2) is 5.82 Å². The lowest BCUT2D eigenvalue weighted by Gasteiger charge is -2.00. The van der Waals surface area contributed by atoms with Crippen molar-refractivity contribution in [3.05, 3.63) is 53.9 Å². The van der Waals surface area contributed by atoms with Gasteiger partial charge in [-0.15, -0.1) is 5.11 Å². The number of aromatic nitrogens is 1. The molecular formula is C11H8N3O-. The predicted octanol–water partition coefficient (Wildman–Crippen LogP) is 3.33. The van der Waals surface area contributed by atoms with Crippen LogP contribution in [0.4, 0.5) is 5.82 Å². The Morgan fingerprint density at radius 2 is 1.73 bits per heavy atom. The summed E-state index contributed by atoms with van der Waals surface area (Å²) in [5.74, 6) is 0.324. The number of nitrogens with zero attached hydrogens (tertiary/aromatic N) is 3. The SMILES string of the molecule is [O-]N=Nc1ccc(-c2ccccc2)cn1. The van der Waals surface area contributed by atoms with E-state index in [4.69, 9.17) is 0 Å². The lowest BCUT2D eigenvalue weighted by atomic mass is 10.1. The van der Waals surface area contributed by atoms with E-state index in [-0.39, 0.29) is 0 Å². The van der Waals surface area contributed by atoms with Crippen LogP contribution in [0.3, 0.4) is 0 Å². The molecule has 0 aliphatic rings. The average molecular weight is 198 g/mol. The number of pyridine rings is 1. The van der Waals surface area contributed by atoms with E-state index in [1.165, 1.54) is 0 Å². The third-order valence-corrected chi connectivity index (χ3v) is 2.00. The molecule has 4 nitrogen and oxygen atoms in total. The fraction of sp³-hybridized carbons (Fsp3) is 0. The van der Waals surface area contributed by atoms with Crippen LogP contribution in [-0.2, 0) is 0 Å². The van der Waals surface area contributed by atoms with Gasteiger partial charge in [-0.3, -0.25) is 0 Å². The number of rotatable bonds is 2. The Hall–Kier alpha value is -2.23. The molecule has 0 aliphatic carbocycles. The first kappa shape index (κ1) is 9.33. The van der Waals surface area contributed by atoms with E-state index in [2.05, 4.69) is 15.4 Å². The van der Waals surface area contributed by atoms with Crippen LogP contribution in [0.25, 0.3) is 11.1 Å². The first-order valence-corrected chi connectivity index (χ1v) is 4.45. The first-order chi connectivity index (χ1) is 7.40. The summed E-state index contributed by atoms with van der Waals surface area (Å²) in [7, 11) is 0. The summed E-state index contributed by atoms with van der Waals surface area (Å²) in [5, 5.41) is 15.6. The van der Waals surface area contributed by atoms with Gasteiger partial charge < -0.3 is 5.21 Å². The highest BCUT2D eigenvalue weighted by atomic mass is 16.5. The van der Waals surface area contributed by atoms with E-state index in [0.717, 1.165) is 11.1 Å². The van der Waals surface area contributed by atoms with Crippen molar-refractivity contribution in [2.75, 3.05) is 0 Å². The first-order valence-electron chi connectivity index (χ1n) is 4.45. The standard InChI is InChI=1S/C11H9N3O/c15-14-13-11-7-6-10(8-12-11)9-4-2-1-3-5-9/h1-8H,(H,12,13,15)/p-1. The molecule has 0 aliphatic heterocycles. The Balaban J connectivity index is 2.32. The topological polar surface area (TPSA) is 60.7 Å². The molecular weight excluding hydrogens is 190 g/mol. The summed E-state index contributed by atoms with van der Waals surface area (Å²) < 4.78 is 0. The van der Waals surface area contributed by atoms with Crippen molar-refractivity contribution in [3.63, 3.8) is 0 Å². The van der Waals surface area contributed by atoms with E-state index in [1.54, 1.807) is 12.3 Å². The second kappa shape index (κ2) is 4.32. The molecule has 0 atom stereocenters. The summed E-state index contributed by atoms with van der Waals surface area (Å²) in [4.78, 5) is 3.98. The Morgan fingerprint density at radius 3 is 2.33 bits per heavy atom. The molecule has 0 fully saturated rings. The van der Waals surface area contributed by atoms with Crippen LogP contribution in [0.15, 0.2) is 59.1 Å². The van der Waals surface area contributed by atoms with Gasteiger partial charge in [-0.1, -0.05) is 30.3 Å². The Kier molecular flexibility index (Phi) is 2.69. The fourth-order valence-electron chi connectivity index (χ4n) is 1.29. The van der Waals surface area contributed by atoms with E-state index in [1.807, 2.05) is 36.4 Å². The molecule has 2 rings (SSSR count). The molecule has 0 unspecified atom stereocenters. The van der Waals surface area contributed by atoms with Gasteiger partial charge in [-0.05, 0) is 17.7 Å². The molecule has 15 heavy (non-hydrogen) atoms. The minimum absolute atomic E-state index is 0.324. The molecule has 0 saturated carbocycles. The fourth-order valence-corrected chi connectivity index (χ4v) is 1.29. The lowest BCUT2D eigenvalue weighted by molar-refractivity contribution is 1.16. The van der Waals surface area contributed by atoms with Gasteiger partial charge in [-0.25, -0.2) is 10.3 Å². The van der Waals surface area contributed by atoms with Gasteiger partial charge in [0, 0.05) is 11.8 Å². The Bertz CT molecular complexity index is 451. The van der Waals surface area contributed by atoms with Crippen LogP contribution in [0, 0.1) is 5.21 Å². The van der Waals surface area contributed by atoms with Crippen molar-refractivity contribution in [1.29, 1.82) is 0 Å². The normalized spacial score (nSPS) is 10.7. The van der Waals surface area contributed by atoms with Gasteiger partial charge in [0.1, 0.15) is 0 Å². The van der Waals surface area contributed by atoms with E-state index < -0.39 is 0 Å². The molecule has 0 saturated heterocycles. The molecule has 0 amide bonds. The van der Waals surface area contributed by atoms with Gasteiger partial charge in [0.05, 0.1) is 0 Å². The molecule has 74 valence electrons. The quantitative estimate of drug-likeness (QED) is 0.548. The van der Waals surface area contributed by atoms with Crippen molar-refractivity contribution in [3.8, 4) is 11.1 Å². The van der Waals surface area contributed by atoms with Crippen LogP contribution in [0.5, 0.6) is 0 Å². The van der Waals surface area contributed by atoms with Crippen LogP contribution >= 0.6 is 0 Å². The predicted molar refractivity (Wildman–Crippen MR) is 57.6 cm³/mol. The summed E-state index contributed by atoms with van der Waals surface area (Å²) >= 11 is 0. The van der Waals surface area contributed by atoms with E-state index in [0.29, 0.717) is 5.82 Å². The highest BCUT2D eigenvalue weighted by Crippen LogP contribution is 2.19. The van der Waals surface area contributed by atoms with E-state index in [9.17, 15) is 5.21 Å². The van der Waals surface area contributed by atoms with Crippen molar-refractivity contribution in [2.45, 2.75) is 0 Å². The van der Waals surface area contributed by atoms with Gasteiger partial charge in [-0.2, -0.15) is 0 Å². The molecule has 0 N–H and O–H groups in total. The molecule has 0 spiro atoms. The van der Waals surface area contributed by atoms with Crippen molar-refractivity contribution < 1.29 is 0 Å². The zero-order valence-electron chi connectivity index (χ0n) is 7.87. The van der Waals surface area contributed by atoms with Crippen molar-refractivity contribution >= 4 is 5.82 Å².